The van der Waals surface area contributed by atoms with Gasteiger partial charge in [0.2, 0.25) is 11.9 Å². The molecule has 1 heterocycles. The molecule has 0 aliphatic heterocycles. The lowest BCUT2D eigenvalue weighted by molar-refractivity contribution is -0.114. The molecule has 0 radical (unpaired) electrons. The molecule has 0 atom stereocenters. The molecule has 142 valence electrons. The van der Waals surface area contributed by atoms with Crippen molar-refractivity contribution in [3.8, 4) is 0 Å². The van der Waals surface area contributed by atoms with Gasteiger partial charge in [0.15, 0.2) is 0 Å². The Morgan fingerprint density at radius 3 is 2.43 bits per heavy atom. The summed E-state index contributed by atoms with van der Waals surface area (Å²) in [6.45, 7) is 1.92. The summed E-state index contributed by atoms with van der Waals surface area (Å²) in [6, 6.07) is 15.8. The Hall–Kier alpha value is -3.45. The Morgan fingerprint density at radius 2 is 1.71 bits per heavy atom. The summed E-state index contributed by atoms with van der Waals surface area (Å²) >= 11 is 5.88. The van der Waals surface area contributed by atoms with Crippen LogP contribution in [-0.4, -0.2) is 21.8 Å². The first-order valence-corrected chi connectivity index (χ1v) is 8.88. The molecule has 3 aromatic rings. The van der Waals surface area contributed by atoms with Crippen LogP contribution < -0.4 is 16.0 Å². The average Bonchev–Trinajstić information content (AvgIpc) is 2.67. The number of halogens is 1. The van der Waals surface area contributed by atoms with Gasteiger partial charge in [-0.25, -0.2) is 9.97 Å². The Balaban J connectivity index is 1.65. The van der Waals surface area contributed by atoms with E-state index in [0.717, 1.165) is 5.56 Å². The summed E-state index contributed by atoms with van der Waals surface area (Å²) in [7, 11) is 0. The number of hydrogen-bond acceptors (Lipinski definition) is 5. The molecule has 1 aromatic heterocycles. The molecule has 0 unspecified atom stereocenters. The van der Waals surface area contributed by atoms with E-state index >= 15 is 0 Å². The van der Waals surface area contributed by atoms with E-state index in [9.17, 15) is 9.59 Å². The minimum absolute atomic E-state index is 0.185. The SMILES string of the molecule is CC(=O)Nc1cccc(NC(=O)c2ccnc(NCc3ccc(Cl)cc3)n2)c1. The largest absolute Gasteiger partial charge is 0.350 e. The first-order chi connectivity index (χ1) is 13.5. The number of nitrogens with zero attached hydrogens (tertiary/aromatic N) is 2. The van der Waals surface area contributed by atoms with Gasteiger partial charge in [-0.3, -0.25) is 9.59 Å². The Morgan fingerprint density at radius 1 is 1.00 bits per heavy atom. The highest BCUT2D eigenvalue weighted by Crippen LogP contribution is 2.16. The van der Waals surface area contributed by atoms with Crippen molar-refractivity contribution in [1.29, 1.82) is 0 Å². The molecule has 3 N–H and O–H groups in total. The van der Waals surface area contributed by atoms with Crippen LogP contribution in [0.5, 0.6) is 0 Å². The van der Waals surface area contributed by atoms with Crippen molar-refractivity contribution in [2.24, 2.45) is 0 Å². The number of amides is 2. The summed E-state index contributed by atoms with van der Waals surface area (Å²) in [6.07, 6.45) is 1.51. The molecule has 2 amide bonds. The maximum atomic E-state index is 12.5. The molecule has 2 aromatic carbocycles. The van der Waals surface area contributed by atoms with E-state index in [1.165, 1.54) is 19.2 Å². The van der Waals surface area contributed by atoms with Gasteiger partial charge in [0.1, 0.15) is 5.69 Å². The predicted octanol–water partition coefficient (Wildman–Crippen LogP) is 3.95. The summed E-state index contributed by atoms with van der Waals surface area (Å²) in [5.74, 6) is -0.220. The lowest BCUT2D eigenvalue weighted by atomic mass is 10.2. The van der Waals surface area contributed by atoms with Gasteiger partial charge >= 0.3 is 0 Å². The number of carbonyl (C=O) groups excluding carboxylic acids is 2. The number of aromatic nitrogens is 2. The second kappa shape index (κ2) is 8.96. The molecule has 0 saturated carbocycles. The van der Waals surface area contributed by atoms with E-state index in [1.807, 2.05) is 12.1 Å². The van der Waals surface area contributed by atoms with Crippen molar-refractivity contribution < 1.29 is 9.59 Å². The highest BCUT2D eigenvalue weighted by molar-refractivity contribution is 6.30. The zero-order valence-corrected chi connectivity index (χ0v) is 15.8. The zero-order chi connectivity index (χ0) is 19.9. The van der Waals surface area contributed by atoms with Crippen molar-refractivity contribution >= 4 is 40.7 Å². The Labute approximate surface area is 167 Å². The van der Waals surface area contributed by atoms with E-state index in [0.29, 0.717) is 28.9 Å². The molecule has 3 rings (SSSR count). The number of rotatable bonds is 6. The van der Waals surface area contributed by atoms with Crippen LogP contribution in [0.15, 0.2) is 60.8 Å². The smallest absolute Gasteiger partial charge is 0.274 e. The highest BCUT2D eigenvalue weighted by atomic mass is 35.5. The molecular weight excluding hydrogens is 378 g/mol. The topological polar surface area (TPSA) is 96.0 Å². The lowest BCUT2D eigenvalue weighted by Gasteiger charge is -2.09. The maximum Gasteiger partial charge on any atom is 0.274 e. The standard InChI is InChI=1S/C20H18ClN5O2/c1-13(27)24-16-3-2-4-17(11-16)25-19(28)18-9-10-22-20(26-18)23-12-14-5-7-15(21)8-6-14/h2-11H,12H2,1H3,(H,24,27)(H,25,28)(H,22,23,26). The van der Waals surface area contributed by atoms with E-state index < -0.39 is 0 Å². The molecule has 0 fully saturated rings. The molecule has 0 saturated heterocycles. The van der Waals surface area contributed by atoms with Gasteiger partial charge < -0.3 is 16.0 Å². The minimum atomic E-state index is -0.378. The Bertz CT molecular complexity index is 992. The van der Waals surface area contributed by atoms with Gasteiger partial charge in [0.05, 0.1) is 0 Å². The molecular formula is C20H18ClN5O2. The quantitative estimate of drug-likeness (QED) is 0.587. The van der Waals surface area contributed by atoms with Crippen LogP contribution in [0.3, 0.4) is 0 Å². The molecule has 0 spiro atoms. The molecule has 0 aliphatic rings. The molecule has 7 nitrogen and oxygen atoms in total. The second-order valence-corrected chi connectivity index (χ2v) is 6.40. The number of nitrogens with one attached hydrogen (secondary N) is 3. The zero-order valence-electron chi connectivity index (χ0n) is 15.1. The van der Waals surface area contributed by atoms with Crippen LogP contribution in [0, 0.1) is 0 Å². The van der Waals surface area contributed by atoms with Crippen molar-refractivity contribution in [2.75, 3.05) is 16.0 Å². The van der Waals surface area contributed by atoms with E-state index in [-0.39, 0.29) is 17.5 Å². The molecule has 28 heavy (non-hydrogen) atoms. The van der Waals surface area contributed by atoms with Crippen molar-refractivity contribution in [1.82, 2.24) is 9.97 Å². The Kier molecular flexibility index (Phi) is 6.18. The summed E-state index contributed by atoms with van der Waals surface area (Å²) in [5, 5.41) is 9.17. The maximum absolute atomic E-state index is 12.5. The summed E-state index contributed by atoms with van der Waals surface area (Å²) < 4.78 is 0. The van der Waals surface area contributed by atoms with Gasteiger partial charge in [-0.2, -0.15) is 0 Å². The number of carbonyl (C=O) groups is 2. The normalized spacial score (nSPS) is 10.2. The fourth-order valence-corrected chi connectivity index (χ4v) is 2.55. The van der Waals surface area contributed by atoms with Crippen LogP contribution in [0.1, 0.15) is 23.0 Å². The third kappa shape index (κ3) is 5.52. The van der Waals surface area contributed by atoms with E-state index in [4.69, 9.17) is 11.6 Å². The van der Waals surface area contributed by atoms with Gasteiger partial charge in [-0.15, -0.1) is 0 Å². The second-order valence-electron chi connectivity index (χ2n) is 5.96. The third-order valence-electron chi connectivity index (χ3n) is 3.69. The summed E-state index contributed by atoms with van der Waals surface area (Å²) in [4.78, 5) is 32.0. The predicted molar refractivity (Wildman–Crippen MR) is 110 cm³/mol. The average molecular weight is 396 g/mol. The summed E-state index contributed by atoms with van der Waals surface area (Å²) in [5.41, 5.74) is 2.38. The van der Waals surface area contributed by atoms with E-state index in [2.05, 4.69) is 25.9 Å². The molecule has 0 aliphatic carbocycles. The van der Waals surface area contributed by atoms with Gasteiger partial charge in [-0.1, -0.05) is 29.8 Å². The van der Waals surface area contributed by atoms with Crippen molar-refractivity contribution in [3.05, 3.63) is 77.1 Å². The van der Waals surface area contributed by atoms with Crippen LogP contribution in [0.2, 0.25) is 5.02 Å². The highest BCUT2D eigenvalue weighted by Gasteiger charge is 2.10. The van der Waals surface area contributed by atoms with Gasteiger partial charge in [-0.05, 0) is 42.0 Å². The lowest BCUT2D eigenvalue weighted by Crippen LogP contribution is -2.15. The molecule has 8 heteroatoms. The monoisotopic (exact) mass is 395 g/mol. The van der Waals surface area contributed by atoms with Gasteiger partial charge in [0.25, 0.3) is 5.91 Å². The van der Waals surface area contributed by atoms with E-state index in [1.54, 1.807) is 36.4 Å². The number of benzene rings is 2. The van der Waals surface area contributed by atoms with Crippen LogP contribution in [0.25, 0.3) is 0 Å². The first kappa shape index (κ1) is 19.3. The van der Waals surface area contributed by atoms with Crippen molar-refractivity contribution in [2.45, 2.75) is 13.5 Å². The van der Waals surface area contributed by atoms with Crippen LogP contribution in [-0.2, 0) is 11.3 Å². The molecule has 0 bridgehead atoms. The third-order valence-corrected chi connectivity index (χ3v) is 3.94. The number of anilines is 3. The first-order valence-electron chi connectivity index (χ1n) is 8.50. The van der Waals surface area contributed by atoms with Crippen LogP contribution in [0.4, 0.5) is 17.3 Å². The number of hydrogen-bond donors (Lipinski definition) is 3. The fraction of sp³-hybridized carbons (Fsp3) is 0.100. The van der Waals surface area contributed by atoms with Crippen molar-refractivity contribution in [3.63, 3.8) is 0 Å². The van der Waals surface area contributed by atoms with Crippen LogP contribution >= 0.6 is 11.6 Å². The minimum Gasteiger partial charge on any atom is -0.350 e. The van der Waals surface area contributed by atoms with Gasteiger partial charge in [0, 0.05) is 36.1 Å². The fourth-order valence-electron chi connectivity index (χ4n) is 2.43.